The summed E-state index contributed by atoms with van der Waals surface area (Å²) in [6.45, 7) is 2.01. The third-order valence-electron chi connectivity index (χ3n) is 1.75. The second-order valence-electron chi connectivity index (χ2n) is 3.09. The number of rotatable bonds is 4. The largest absolute Gasteiger partial charge is 0.274 e. The Morgan fingerprint density at radius 2 is 1.81 bits per heavy atom. The van der Waals surface area contributed by atoms with E-state index in [4.69, 9.17) is 46.4 Å². The van der Waals surface area contributed by atoms with Gasteiger partial charge in [0.25, 0.3) is 0 Å². The van der Waals surface area contributed by atoms with Gasteiger partial charge in [0, 0.05) is 11.4 Å². The molecule has 0 saturated heterocycles. The molecule has 1 N–H and O–H groups in total. The van der Waals surface area contributed by atoms with Gasteiger partial charge in [0.1, 0.15) is 5.17 Å². The Bertz CT molecular complexity index is 381. The van der Waals surface area contributed by atoms with E-state index in [0.717, 1.165) is 6.42 Å². The first kappa shape index (κ1) is 13.9. The number of halogens is 4. The number of hydrazone groups is 1. The standard InChI is InChI=1S/C10H10Cl4N2/c1-2-3-9(14)15-16-10-7(12)4-6(11)5-8(10)13/h4-5,16H,2-3H2,1H3. The van der Waals surface area contributed by atoms with E-state index in [1.165, 1.54) is 0 Å². The van der Waals surface area contributed by atoms with Crippen LogP contribution in [0.5, 0.6) is 0 Å². The number of anilines is 1. The van der Waals surface area contributed by atoms with Gasteiger partial charge >= 0.3 is 0 Å². The molecule has 2 nitrogen and oxygen atoms in total. The summed E-state index contributed by atoms with van der Waals surface area (Å²) in [5, 5.41) is 5.72. The molecule has 1 aromatic carbocycles. The number of hydrogen-bond acceptors (Lipinski definition) is 2. The van der Waals surface area contributed by atoms with Crippen LogP contribution >= 0.6 is 46.4 Å². The first-order chi connectivity index (χ1) is 7.54. The predicted molar refractivity (Wildman–Crippen MR) is 73.3 cm³/mol. The van der Waals surface area contributed by atoms with E-state index in [9.17, 15) is 0 Å². The van der Waals surface area contributed by atoms with E-state index >= 15 is 0 Å². The van der Waals surface area contributed by atoms with E-state index < -0.39 is 0 Å². The van der Waals surface area contributed by atoms with Crippen LogP contribution in [0.15, 0.2) is 17.2 Å². The maximum Gasteiger partial charge on any atom is 0.126 e. The zero-order valence-electron chi connectivity index (χ0n) is 8.53. The zero-order chi connectivity index (χ0) is 12.1. The van der Waals surface area contributed by atoms with Gasteiger partial charge in [0.2, 0.25) is 0 Å². The van der Waals surface area contributed by atoms with Crippen molar-refractivity contribution in [3.8, 4) is 0 Å². The van der Waals surface area contributed by atoms with Crippen molar-refractivity contribution in [2.24, 2.45) is 5.10 Å². The van der Waals surface area contributed by atoms with Crippen LogP contribution in [0.1, 0.15) is 19.8 Å². The van der Waals surface area contributed by atoms with Crippen LogP contribution in [0, 0.1) is 0 Å². The van der Waals surface area contributed by atoms with E-state index in [2.05, 4.69) is 10.5 Å². The molecule has 88 valence electrons. The fourth-order valence-corrected chi connectivity index (χ4v) is 2.16. The minimum atomic E-state index is 0.405. The molecule has 1 aromatic rings. The third-order valence-corrected chi connectivity index (χ3v) is 2.84. The van der Waals surface area contributed by atoms with Crippen LogP contribution in [0.3, 0.4) is 0 Å². The fourth-order valence-electron chi connectivity index (χ4n) is 1.03. The van der Waals surface area contributed by atoms with Crippen LogP contribution < -0.4 is 5.43 Å². The van der Waals surface area contributed by atoms with Crippen LogP contribution in [0.2, 0.25) is 15.1 Å². The Hall–Kier alpha value is -0.150. The fraction of sp³-hybridized carbons (Fsp3) is 0.300. The number of hydrogen-bond donors (Lipinski definition) is 1. The molecular weight excluding hydrogens is 290 g/mol. The van der Waals surface area contributed by atoms with Crippen molar-refractivity contribution in [2.45, 2.75) is 19.8 Å². The molecule has 0 bridgehead atoms. The van der Waals surface area contributed by atoms with Gasteiger partial charge in [0.15, 0.2) is 0 Å². The molecule has 0 radical (unpaired) electrons. The molecule has 0 aliphatic rings. The molecule has 1 rings (SSSR count). The number of benzene rings is 1. The highest BCUT2D eigenvalue weighted by molar-refractivity contribution is 6.65. The van der Waals surface area contributed by atoms with Crippen molar-refractivity contribution >= 4 is 57.3 Å². The summed E-state index contributed by atoms with van der Waals surface area (Å²) in [5.74, 6) is 0. The topological polar surface area (TPSA) is 24.4 Å². The molecule has 0 heterocycles. The van der Waals surface area contributed by atoms with Gasteiger partial charge in [-0.25, -0.2) is 0 Å². The SMILES string of the molecule is CCCC(Cl)=NNc1c(Cl)cc(Cl)cc1Cl. The van der Waals surface area contributed by atoms with Gasteiger partial charge in [-0.05, 0) is 18.6 Å². The highest BCUT2D eigenvalue weighted by Crippen LogP contribution is 2.33. The van der Waals surface area contributed by atoms with Crippen molar-refractivity contribution < 1.29 is 0 Å². The van der Waals surface area contributed by atoms with Crippen molar-refractivity contribution in [1.29, 1.82) is 0 Å². The molecule has 0 amide bonds. The van der Waals surface area contributed by atoms with Gasteiger partial charge in [-0.15, -0.1) is 0 Å². The van der Waals surface area contributed by atoms with Crippen LogP contribution in [0.25, 0.3) is 0 Å². The lowest BCUT2D eigenvalue weighted by Crippen LogP contribution is -1.96. The van der Waals surface area contributed by atoms with E-state index in [-0.39, 0.29) is 0 Å². The highest BCUT2D eigenvalue weighted by Gasteiger charge is 2.07. The summed E-state index contributed by atoms with van der Waals surface area (Å²) >= 11 is 23.5. The summed E-state index contributed by atoms with van der Waals surface area (Å²) < 4.78 is 0. The molecule has 16 heavy (non-hydrogen) atoms. The average molecular weight is 300 g/mol. The van der Waals surface area contributed by atoms with Crippen molar-refractivity contribution in [3.05, 3.63) is 27.2 Å². The quantitative estimate of drug-likeness (QED) is 0.583. The summed E-state index contributed by atoms with van der Waals surface area (Å²) in [7, 11) is 0. The van der Waals surface area contributed by atoms with Crippen LogP contribution in [-0.2, 0) is 0 Å². The Morgan fingerprint density at radius 1 is 1.25 bits per heavy atom. The van der Waals surface area contributed by atoms with Crippen molar-refractivity contribution in [1.82, 2.24) is 0 Å². The second kappa shape index (κ2) is 6.55. The average Bonchev–Trinajstić information content (AvgIpc) is 2.16. The summed E-state index contributed by atoms with van der Waals surface area (Å²) in [6, 6.07) is 3.17. The number of nitrogens with zero attached hydrogens (tertiary/aromatic N) is 1. The molecule has 0 unspecified atom stereocenters. The molecule has 0 aliphatic heterocycles. The molecule has 6 heteroatoms. The monoisotopic (exact) mass is 298 g/mol. The van der Waals surface area contributed by atoms with Gasteiger partial charge in [-0.2, -0.15) is 5.10 Å². The van der Waals surface area contributed by atoms with E-state index in [1.54, 1.807) is 12.1 Å². The highest BCUT2D eigenvalue weighted by atomic mass is 35.5. The van der Waals surface area contributed by atoms with Crippen molar-refractivity contribution in [3.63, 3.8) is 0 Å². The second-order valence-corrected chi connectivity index (χ2v) is 4.78. The molecule has 0 spiro atoms. The zero-order valence-corrected chi connectivity index (χ0v) is 11.6. The van der Waals surface area contributed by atoms with E-state index in [0.29, 0.717) is 32.3 Å². The Labute approximate surface area is 115 Å². The minimum Gasteiger partial charge on any atom is -0.274 e. The first-order valence-corrected chi connectivity index (χ1v) is 6.18. The summed E-state index contributed by atoms with van der Waals surface area (Å²) in [4.78, 5) is 0. The van der Waals surface area contributed by atoms with Crippen LogP contribution in [-0.4, -0.2) is 5.17 Å². The molecule has 0 fully saturated rings. The smallest absolute Gasteiger partial charge is 0.126 e. The van der Waals surface area contributed by atoms with Gasteiger partial charge in [0.05, 0.1) is 15.7 Å². The maximum absolute atomic E-state index is 5.95. The molecule has 0 saturated carbocycles. The van der Waals surface area contributed by atoms with Crippen LogP contribution in [0.4, 0.5) is 5.69 Å². The first-order valence-electron chi connectivity index (χ1n) is 4.67. The molecule has 0 aromatic heterocycles. The summed E-state index contributed by atoms with van der Waals surface area (Å²) in [6.07, 6.45) is 1.63. The third kappa shape index (κ3) is 4.02. The normalized spacial score (nSPS) is 11.7. The predicted octanol–water partition coefficient (Wildman–Crippen LogP) is 5.41. The van der Waals surface area contributed by atoms with Gasteiger partial charge < -0.3 is 0 Å². The lowest BCUT2D eigenvalue weighted by atomic mass is 10.3. The summed E-state index contributed by atoms with van der Waals surface area (Å²) in [5.41, 5.74) is 3.23. The van der Waals surface area contributed by atoms with Gasteiger partial charge in [-0.3, -0.25) is 5.43 Å². The maximum atomic E-state index is 5.95. The molecule has 0 aliphatic carbocycles. The lowest BCUT2D eigenvalue weighted by molar-refractivity contribution is 0.999. The Balaban J connectivity index is 2.85. The van der Waals surface area contributed by atoms with Gasteiger partial charge in [-0.1, -0.05) is 53.3 Å². The molecular formula is C10H10Cl4N2. The minimum absolute atomic E-state index is 0.405. The Kier molecular flexibility index (Phi) is 5.70. The van der Waals surface area contributed by atoms with E-state index in [1.807, 2.05) is 6.92 Å². The molecule has 0 atom stereocenters. The lowest BCUT2D eigenvalue weighted by Gasteiger charge is -2.07. The van der Waals surface area contributed by atoms with Crippen molar-refractivity contribution in [2.75, 3.05) is 5.43 Å². The number of nitrogens with one attached hydrogen (secondary N) is 1. The Morgan fingerprint density at radius 3 is 2.31 bits per heavy atom.